The van der Waals surface area contributed by atoms with Gasteiger partial charge in [0.05, 0.1) is 28.4 Å². The van der Waals surface area contributed by atoms with Crippen LogP contribution in [-0.4, -0.2) is 38.7 Å². The summed E-state index contributed by atoms with van der Waals surface area (Å²) in [5, 5.41) is 20.7. The predicted octanol–water partition coefficient (Wildman–Crippen LogP) is 3.34. The number of aryl methyl sites for hydroxylation is 2. The molecule has 0 aromatic heterocycles. The van der Waals surface area contributed by atoms with Crippen molar-refractivity contribution < 1.29 is 29.2 Å². The first-order valence-corrected chi connectivity index (χ1v) is 7.76. The van der Waals surface area contributed by atoms with Gasteiger partial charge in [-0.3, -0.25) is 0 Å². The largest absolute Gasteiger partial charge is 0.502 e. The molecule has 0 heterocycles. The first-order valence-electron chi connectivity index (χ1n) is 7.76. The Hall–Kier alpha value is -2.76. The minimum atomic E-state index is -0.0556. The van der Waals surface area contributed by atoms with Crippen LogP contribution in [0.25, 0.3) is 0 Å². The lowest BCUT2D eigenvalue weighted by molar-refractivity contribution is 0.334. The molecule has 25 heavy (non-hydrogen) atoms. The number of hydrogen-bond donors (Lipinski definition) is 2. The van der Waals surface area contributed by atoms with Gasteiger partial charge in [-0.15, -0.1) is 0 Å². The summed E-state index contributed by atoms with van der Waals surface area (Å²) in [6.45, 7) is 3.82. The summed E-state index contributed by atoms with van der Waals surface area (Å²) in [6.07, 6.45) is 0.402. The lowest BCUT2D eigenvalue weighted by atomic mass is 9.94. The normalized spacial score (nSPS) is 10.5. The van der Waals surface area contributed by atoms with Crippen LogP contribution < -0.4 is 18.9 Å². The number of methoxy groups -OCH3 is 4. The van der Waals surface area contributed by atoms with Crippen molar-refractivity contribution in [2.75, 3.05) is 28.4 Å². The first kappa shape index (κ1) is 18.6. The molecular formula is C19H24O6. The smallest absolute Gasteiger partial charge is 0.201 e. The van der Waals surface area contributed by atoms with Gasteiger partial charge in [0, 0.05) is 17.5 Å². The molecule has 2 aromatic rings. The van der Waals surface area contributed by atoms with Gasteiger partial charge in [0.1, 0.15) is 0 Å². The summed E-state index contributed by atoms with van der Waals surface area (Å²) in [5.74, 6) is 1.26. The maximum atomic E-state index is 10.4. The highest BCUT2D eigenvalue weighted by Crippen LogP contribution is 2.45. The Morgan fingerprint density at radius 2 is 1.04 bits per heavy atom. The monoisotopic (exact) mass is 348 g/mol. The summed E-state index contributed by atoms with van der Waals surface area (Å²) in [4.78, 5) is 0. The maximum absolute atomic E-state index is 10.4. The molecule has 0 saturated heterocycles. The first-order chi connectivity index (χ1) is 11.9. The molecule has 136 valence electrons. The van der Waals surface area contributed by atoms with Crippen molar-refractivity contribution in [3.8, 4) is 34.5 Å². The Labute approximate surface area is 147 Å². The third-order valence-corrected chi connectivity index (χ3v) is 4.29. The molecule has 2 N–H and O–H groups in total. The summed E-state index contributed by atoms with van der Waals surface area (Å²) in [5.41, 5.74) is 3.35. The highest BCUT2D eigenvalue weighted by atomic mass is 16.5. The van der Waals surface area contributed by atoms with Crippen LogP contribution in [-0.2, 0) is 6.42 Å². The molecule has 2 rings (SSSR count). The van der Waals surface area contributed by atoms with Crippen molar-refractivity contribution in [2.45, 2.75) is 20.3 Å². The molecule has 0 bridgehead atoms. The minimum Gasteiger partial charge on any atom is -0.502 e. The van der Waals surface area contributed by atoms with Crippen LogP contribution in [0.5, 0.6) is 34.5 Å². The van der Waals surface area contributed by atoms with Crippen molar-refractivity contribution in [1.29, 1.82) is 0 Å². The van der Waals surface area contributed by atoms with Crippen molar-refractivity contribution in [3.63, 3.8) is 0 Å². The second-order valence-corrected chi connectivity index (χ2v) is 5.69. The van der Waals surface area contributed by atoms with Gasteiger partial charge in [-0.25, -0.2) is 0 Å². The number of rotatable bonds is 6. The zero-order valence-corrected chi connectivity index (χ0v) is 15.4. The van der Waals surface area contributed by atoms with E-state index >= 15 is 0 Å². The molecule has 6 nitrogen and oxygen atoms in total. The van der Waals surface area contributed by atoms with E-state index in [1.165, 1.54) is 28.4 Å². The molecule has 0 fully saturated rings. The topological polar surface area (TPSA) is 77.4 Å². The van der Waals surface area contributed by atoms with Gasteiger partial charge in [-0.1, -0.05) is 0 Å². The molecule has 0 aliphatic heterocycles. The fourth-order valence-electron chi connectivity index (χ4n) is 2.94. The Kier molecular flexibility index (Phi) is 5.51. The van der Waals surface area contributed by atoms with Gasteiger partial charge in [-0.2, -0.15) is 0 Å². The van der Waals surface area contributed by atoms with Crippen LogP contribution in [0.2, 0.25) is 0 Å². The number of hydrogen-bond acceptors (Lipinski definition) is 6. The van der Waals surface area contributed by atoms with E-state index in [9.17, 15) is 10.2 Å². The molecule has 2 aromatic carbocycles. The highest BCUT2D eigenvalue weighted by Gasteiger charge is 2.22. The van der Waals surface area contributed by atoms with E-state index in [2.05, 4.69) is 0 Å². The number of ether oxygens (including phenoxy) is 4. The maximum Gasteiger partial charge on any atom is 0.201 e. The second-order valence-electron chi connectivity index (χ2n) is 5.69. The van der Waals surface area contributed by atoms with Crippen molar-refractivity contribution in [1.82, 2.24) is 0 Å². The number of phenols is 2. The number of benzene rings is 2. The van der Waals surface area contributed by atoms with Crippen LogP contribution in [0.4, 0.5) is 0 Å². The Balaban J connectivity index is 2.65. The van der Waals surface area contributed by atoms with E-state index in [0.29, 0.717) is 29.4 Å². The van der Waals surface area contributed by atoms with Crippen LogP contribution >= 0.6 is 0 Å². The third-order valence-electron chi connectivity index (χ3n) is 4.29. The summed E-state index contributed by atoms with van der Waals surface area (Å²) in [6, 6.07) is 3.50. The van der Waals surface area contributed by atoms with Crippen LogP contribution in [0.3, 0.4) is 0 Å². The molecule has 0 atom stereocenters. The summed E-state index contributed by atoms with van der Waals surface area (Å²) in [7, 11) is 5.96. The Morgan fingerprint density at radius 1 is 0.680 bits per heavy atom. The van der Waals surface area contributed by atoms with Gasteiger partial charge in [-0.05, 0) is 37.1 Å². The quantitative estimate of drug-likeness (QED) is 0.834. The lowest BCUT2D eigenvalue weighted by Gasteiger charge is -2.19. The second kappa shape index (κ2) is 7.42. The zero-order chi connectivity index (χ0) is 18.7. The molecule has 6 heteroatoms. The van der Waals surface area contributed by atoms with Gasteiger partial charge in [0.2, 0.25) is 11.5 Å². The van der Waals surface area contributed by atoms with E-state index in [1.54, 1.807) is 12.1 Å². The predicted molar refractivity (Wildman–Crippen MR) is 94.7 cm³/mol. The molecule has 0 unspecified atom stereocenters. The third kappa shape index (κ3) is 3.24. The summed E-state index contributed by atoms with van der Waals surface area (Å²) < 4.78 is 21.2. The van der Waals surface area contributed by atoms with Crippen LogP contribution in [0.1, 0.15) is 22.3 Å². The average molecular weight is 348 g/mol. The van der Waals surface area contributed by atoms with Gasteiger partial charge >= 0.3 is 0 Å². The standard InChI is InChI=1S/C19H24O6/c1-10-7-14(22-3)16(20)18(24-5)12(10)9-13-11(2)8-15(23-4)17(21)19(13)25-6/h7-8,20-21H,9H2,1-6H3. The molecular weight excluding hydrogens is 324 g/mol. The highest BCUT2D eigenvalue weighted by molar-refractivity contribution is 5.63. The van der Waals surface area contributed by atoms with Gasteiger partial charge in [0.25, 0.3) is 0 Å². The van der Waals surface area contributed by atoms with E-state index < -0.39 is 0 Å². The number of phenolic OH excluding ortho intramolecular Hbond substituents is 2. The molecule has 0 aliphatic rings. The van der Waals surface area contributed by atoms with Crippen molar-refractivity contribution in [2.24, 2.45) is 0 Å². The Bertz CT molecular complexity index is 717. The van der Waals surface area contributed by atoms with Crippen molar-refractivity contribution in [3.05, 3.63) is 34.4 Å². The van der Waals surface area contributed by atoms with E-state index in [4.69, 9.17) is 18.9 Å². The lowest BCUT2D eigenvalue weighted by Crippen LogP contribution is -2.03. The number of aromatic hydroxyl groups is 2. The van der Waals surface area contributed by atoms with Crippen molar-refractivity contribution >= 4 is 0 Å². The van der Waals surface area contributed by atoms with E-state index in [1.807, 2.05) is 13.8 Å². The minimum absolute atomic E-state index is 0.0556. The van der Waals surface area contributed by atoms with Crippen LogP contribution in [0.15, 0.2) is 12.1 Å². The molecule has 0 saturated carbocycles. The van der Waals surface area contributed by atoms with Gasteiger partial charge in [0.15, 0.2) is 23.0 Å². The zero-order valence-electron chi connectivity index (χ0n) is 15.4. The van der Waals surface area contributed by atoms with E-state index in [0.717, 1.165) is 22.3 Å². The molecule has 0 aliphatic carbocycles. The Morgan fingerprint density at radius 3 is 1.32 bits per heavy atom. The molecule has 0 radical (unpaired) electrons. The molecule has 0 spiro atoms. The molecule has 0 amide bonds. The van der Waals surface area contributed by atoms with Gasteiger partial charge < -0.3 is 29.2 Å². The SMILES string of the molecule is COc1cc(C)c(Cc2c(C)cc(OC)c(O)c2OC)c(OC)c1O. The fourth-order valence-corrected chi connectivity index (χ4v) is 2.94. The van der Waals surface area contributed by atoms with E-state index in [-0.39, 0.29) is 11.5 Å². The fraction of sp³-hybridized carbons (Fsp3) is 0.368. The average Bonchev–Trinajstić information content (AvgIpc) is 2.60. The summed E-state index contributed by atoms with van der Waals surface area (Å²) >= 11 is 0. The van der Waals surface area contributed by atoms with Crippen LogP contribution in [0, 0.1) is 13.8 Å².